The quantitative estimate of drug-likeness (QED) is 0.743. The van der Waals surface area contributed by atoms with E-state index in [4.69, 9.17) is 9.15 Å². The van der Waals surface area contributed by atoms with Crippen molar-refractivity contribution in [3.05, 3.63) is 59.7 Å². The average molecular weight is 359 g/mol. The van der Waals surface area contributed by atoms with Crippen molar-refractivity contribution in [2.24, 2.45) is 0 Å². The molecule has 0 spiro atoms. The van der Waals surface area contributed by atoms with Crippen LogP contribution < -0.4 is 10.1 Å². The van der Waals surface area contributed by atoms with Crippen molar-refractivity contribution in [3.63, 3.8) is 0 Å². The number of anilines is 1. The Morgan fingerprint density at radius 2 is 1.85 bits per heavy atom. The van der Waals surface area contributed by atoms with Gasteiger partial charge in [-0.3, -0.25) is 10.1 Å². The zero-order valence-electron chi connectivity index (χ0n) is 14.0. The monoisotopic (exact) mass is 359 g/mol. The van der Waals surface area contributed by atoms with E-state index in [9.17, 15) is 13.6 Å². The Balaban J connectivity index is 1.71. The van der Waals surface area contributed by atoms with E-state index >= 15 is 0 Å². The summed E-state index contributed by atoms with van der Waals surface area (Å²) in [7, 11) is 0. The van der Waals surface area contributed by atoms with Gasteiger partial charge in [0.25, 0.3) is 11.8 Å². The molecule has 0 fully saturated rings. The minimum absolute atomic E-state index is 0.0262. The molecule has 0 aliphatic rings. The number of carbonyl (C=O) groups excluding carboxylic acids is 1. The molecule has 2 aromatic carbocycles. The molecular weight excluding hydrogens is 344 g/mol. The van der Waals surface area contributed by atoms with E-state index in [1.807, 2.05) is 13.8 Å². The average Bonchev–Trinajstić information content (AvgIpc) is 3.03. The molecule has 0 radical (unpaired) electrons. The van der Waals surface area contributed by atoms with Crippen LogP contribution in [0.3, 0.4) is 0 Å². The van der Waals surface area contributed by atoms with Crippen LogP contribution in [0.4, 0.5) is 14.8 Å². The molecule has 0 aliphatic carbocycles. The van der Waals surface area contributed by atoms with Crippen LogP contribution in [0.2, 0.25) is 0 Å². The highest BCUT2D eigenvalue weighted by molar-refractivity contribution is 6.03. The summed E-state index contributed by atoms with van der Waals surface area (Å²) < 4.78 is 37.4. The van der Waals surface area contributed by atoms with Crippen LogP contribution in [0, 0.1) is 11.6 Å². The second kappa shape index (κ2) is 7.30. The highest BCUT2D eigenvalue weighted by atomic mass is 19.1. The summed E-state index contributed by atoms with van der Waals surface area (Å²) in [5.74, 6) is -1.56. The van der Waals surface area contributed by atoms with E-state index < -0.39 is 17.5 Å². The molecule has 8 heteroatoms. The van der Waals surface area contributed by atoms with Crippen molar-refractivity contribution >= 4 is 11.9 Å². The maximum atomic E-state index is 13.7. The Kier molecular flexibility index (Phi) is 4.92. The van der Waals surface area contributed by atoms with E-state index in [0.717, 1.165) is 6.07 Å². The first-order chi connectivity index (χ1) is 12.4. The number of halogens is 2. The van der Waals surface area contributed by atoms with Crippen LogP contribution >= 0.6 is 0 Å². The Bertz CT molecular complexity index is 924. The number of hydrogen-bond acceptors (Lipinski definition) is 5. The van der Waals surface area contributed by atoms with Gasteiger partial charge in [0, 0.05) is 11.6 Å². The van der Waals surface area contributed by atoms with Crippen LogP contribution in [0.1, 0.15) is 24.2 Å². The van der Waals surface area contributed by atoms with E-state index in [1.54, 1.807) is 24.3 Å². The van der Waals surface area contributed by atoms with E-state index in [0.29, 0.717) is 17.4 Å². The van der Waals surface area contributed by atoms with Crippen LogP contribution in [0.25, 0.3) is 11.5 Å². The molecule has 134 valence electrons. The molecule has 1 N–H and O–H groups in total. The summed E-state index contributed by atoms with van der Waals surface area (Å²) in [6.45, 7) is 3.80. The summed E-state index contributed by atoms with van der Waals surface area (Å²) in [6.07, 6.45) is 0.0262. The standard InChI is InChI=1S/C18H15F2N3O3/c1-10(2)25-13-6-3-11(4-7-13)16(24)21-18-23-22-17(26-18)14-8-5-12(19)9-15(14)20/h3-10H,1-2H3,(H,21,23,24). The maximum absolute atomic E-state index is 13.7. The topological polar surface area (TPSA) is 77.2 Å². The predicted octanol–water partition coefficient (Wildman–Crippen LogP) is 4.05. The molecule has 3 rings (SSSR count). The van der Waals surface area contributed by atoms with Crippen molar-refractivity contribution < 1.29 is 22.7 Å². The van der Waals surface area contributed by atoms with Crippen LogP contribution in [-0.2, 0) is 0 Å². The molecule has 0 saturated carbocycles. The molecular formula is C18H15F2N3O3. The lowest BCUT2D eigenvalue weighted by Gasteiger charge is -2.09. The molecule has 0 bridgehead atoms. The molecule has 26 heavy (non-hydrogen) atoms. The Morgan fingerprint density at radius 3 is 2.50 bits per heavy atom. The molecule has 0 saturated heterocycles. The first-order valence-corrected chi connectivity index (χ1v) is 7.79. The molecule has 0 unspecified atom stereocenters. The Hall–Kier alpha value is -3.29. The van der Waals surface area contributed by atoms with Gasteiger partial charge >= 0.3 is 6.01 Å². The van der Waals surface area contributed by atoms with Gasteiger partial charge in [0.1, 0.15) is 17.4 Å². The highest BCUT2D eigenvalue weighted by Crippen LogP contribution is 2.24. The van der Waals surface area contributed by atoms with Gasteiger partial charge < -0.3 is 9.15 Å². The fraction of sp³-hybridized carbons (Fsp3) is 0.167. The lowest BCUT2D eigenvalue weighted by Crippen LogP contribution is -2.12. The van der Waals surface area contributed by atoms with E-state index in [1.165, 1.54) is 6.07 Å². The number of amides is 1. The summed E-state index contributed by atoms with van der Waals surface area (Å²) >= 11 is 0. The summed E-state index contributed by atoms with van der Waals surface area (Å²) in [6, 6.07) is 9.27. The Morgan fingerprint density at radius 1 is 1.12 bits per heavy atom. The maximum Gasteiger partial charge on any atom is 0.322 e. The number of benzene rings is 2. The smallest absolute Gasteiger partial charge is 0.322 e. The molecule has 3 aromatic rings. The lowest BCUT2D eigenvalue weighted by molar-refractivity contribution is 0.102. The summed E-state index contributed by atoms with van der Waals surface area (Å²) in [5, 5.41) is 9.72. The molecule has 1 heterocycles. The van der Waals surface area contributed by atoms with Gasteiger partial charge in [-0.15, -0.1) is 5.10 Å². The second-order valence-electron chi connectivity index (χ2n) is 5.68. The minimum atomic E-state index is -0.840. The van der Waals surface area contributed by atoms with Crippen LogP contribution in [0.5, 0.6) is 5.75 Å². The van der Waals surface area contributed by atoms with Crippen molar-refractivity contribution in [3.8, 4) is 17.2 Å². The van der Waals surface area contributed by atoms with Crippen LogP contribution in [0.15, 0.2) is 46.9 Å². The minimum Gasteiger partial charge on any atom is -0.491 e. The van der Waals surface area contributed by atoms with Crippen molar-refractivity contribution in [2.75, 3.05) is 5.32 Å². The molecule has 0 aliphatic heterocycles. The third-order valence-corrected chi connectivity index (χ3v) is 3.30. The van der Waals surface area contributed by atoms with Gasteiger partial charge in [-0.2, -0.15) is 0 Å². The number of rotatable bonds is 5. The third-order valence-electron chi connectivity index (χ3n) is 3.30. The Labute approximate surface area is 147 Å². The largest absolute Gasteiger partial charge is 0.491 e. The fourth-order valence-corrected chi connectivity index (χ4v) is 2.17. The van der Waals surface area contributed by atoms with Crippen molar-refractivity contribution in [1.82, 2.24) is 10.2 Å². The van der Waals surface area contributed by atoms with Crippen LogP contribution in [-0.4, -0.2) is 22.2 Å². The van der Waals surface area contributed by atoms with Gasteiger partial charge in [-0.05, 0) is 50.2 Å². The zero-order valence-corrected chi connectivity index (χ0v) is 14.0. The first kappa shape index (κ1) is 17.5. The molecule has 6 nitrogen and oxygen atoms in total. The van der Waals surface area contributed by atoms with Gasteiger partial charge in [0.15, 0.2) is 0 Å². The number of aromatic nitrogens is 2. The van der Waals surface area contributed by atoms with Gasteiger partial charge in [-0.25, -0.2) is 8.78 Å². The number of hydrogen-bond donors (Lipinski definition) is 1. The molecule has 1 amide bonds. The highest BCUT2D eigenvalue weighted by Gasteiger charge is 2.16. The fourth-order valence-electron chi connectivity index (χ4n) is 2.17. The zero-order chi connectivity index (χ0) is 18.7. The van der Waals surface area contributed by atoms with Crippen molar-refractivity contribution in [2.45, 2.75) is 20.0 Å². The first-order valence-electron chi connectivity index (χ1n) is 7.79. The molecule has 1 aromatic heterocycles. The van der Waals surface area contributed by atoms with E-state index in [2.05, 4.69) is 15.5 Å². The predicted molar refractivity (Wildman–Crippen MR) is 89.8 cm³/mol. The third kappa shape index (κ3) is 4.02. The normalized spacial score (nSPS) is 10.8. The van der Waals surface area contributed by atoms with Gasteiger partial charge in [-0.1, -0.05) is 5.10 Å². The number of carbonyl (C=O) groups is 1. The second-order valence-corrected chi connectivity index (χ2v) is 5.68. The molecule has 0 atom stereocenters. The number of nitrogens with one attached hydrogen (secondary N) is 1. The van der Waals surface area contributed by atoms with Gasteiger partial charge in [0.05, 0.1) is 11.7 Å². The number of ether oxygens (including phenoxy) is 1. The summed E-state index contributed by atoms with van der Waals surface area (Å²) in [5.41, 5.74) is 0.295. The summed E-state index contributed by atoms with van der Waals surface area (Å²) in [4.78, 5) is 12.2. The van der Waals surface area contributed by atoms with E-state index in [-0.39, 0.29) is 23.6 Å². The lowest BCUT2D eigenvalue weighted by atomic mass is 10.2. The van der Waals surface area contributed by atoms with Crippen molar-refractivity contribution in [1.29, 1.82) is 0 Å². The number of nitrogens with zero attached hydrogens (tertiary/aromatic N) is 2. The SMILES string of the molecule is CC(C)Oc1ccc(C(=O)Nc2nnc(-c3ccc(F)cc3F)o2)cc1. The van der Waals surface area contributed by atoms with Gasteiger partial charge in [0.2, 0.25) is 0 Å².